The van der Waals surface area contributed by atoms with Crippen molar-refractivity contribution in [2.24, 2.45) is 7.05 Å². The SMILES string of the molecule is Cn1c(CO)nc2cc(Cl)ccc21. The number of halogens is 1. The second-order valence-electron chi connectivity index (χ2n) is 2.88. The van der Waals surface area contributed by atoms with Crippen molar-refractivity contribution in [1.29, 1.82) is 0 Å². The molecule has 1 aromatic carbocycles. The summed E-state index contributed by atoms with van der Waals surface area (Å²) >= 11 is 5.81. The maximum absolute atomic E-state index is 8.97. The molecule has 0 bridgehead atoms. The standard InChI is InChI=1S/C9H9ClN2O/c1-12-8-3-2-6(10)4-7(8)11-9(12)5-13/h2-4,13H,5H2,1H3. The molecular formula is C9H9ClN2O. The van der Waals surface area contributed by atoms with Gasteiger partial charge in [-0.25, -0.2) is 4.98 Å². The van der Waals surface area contributed by atoms with Crippen LogP contribution in [0.25, 0.3) is 11.0 Å². The predicted molar refractivity (Wildman–Crippen MR) is 51.6 cm³/mol. The fraction of sp³-hybridized carbons (Fsp3) is 0.222. The molecule has 2 aromatic rings. The van der Waals surface area contributed by atoms with Crippen LogP contribution in [0.4, 0.5) is 0 Å². The molecule has 0 aliphatic carbocycles. The minimum Gasteiger partial charge on any atom is -0.388 e. The quantitative estimate of drug-likeness (QED) is 0.754. The third-order valence-corrected chi connectivity index (χ3v) is 2.31. The predicted octanol–water partition coefficient (Wildman–Crippen LogP) is 1.72. The lowest BCUT2D eigenvalue weighted by molar-refractivity contribution is 0.268. The Morgan fingerprint density at radius 2 is 2.31 bits per heavy atom. The fourth-order valence-corrected chi connectivity index (χ4v) is 1.53. The smallest absolute Gasteiger partial charge is 0.135 e. The van der Waals surface area contributed by atoms with Crippen LogP contribution in [0.15, 0.2) is 18.2 Å². The number of nitrogens with zero attached hydrogens (tertiary/aromatic N) is 2. The summed E-state index contributed by atoms with van der Waals surface area (Å²) in [6.45, 7) is -0.0528. The molecule has 1 heterocycles. The van der Waals surface area contributed by atoms with Crippen LogP contribution in [0.3, 0.4) is 0 Å². The molecule has 68 valence electrons. The minimum atomic E-state index is -0.0528. The van der Waals surface area contributed by atoms with Gasteiger partial charge < -0.3 is 9.67 Å². The van der Waals surface area contributed by atoms with Crippen LogP contribution in [-0.4, -0.2) is 14.7 Å². The molecule has 0 fully saturated rings. The van der Waals surface area contributed by atoms with Crippen molar-refractivity contribution in [3.63, 3.8) is 0 Å². The summed E-state index contributed by atoms with van der Waals surface area (Å²) < 4.78 is 1.85. The lowest BCUT2D eigenvalue weighted by Crippen LogP contribution is -1.96. The molecule has 0 aliphatic rings. The topological polar surface area (TPSA) is 38.0 Å². The Bertz CT molecular complexity index is 450. The van der Waals surface area contributed by atoms with Crippen LogP contribution in [0.1, 0.15) is 5.82 Å². The Labute approximate surface area is 80.6 Å². The second kappa shape index (κ2) is 3.01. The van der Waals surface area contributed by atoms with E-state index in [9.17, 15) is 0 Å². The number of fused-ring (bicyclic) bond motifs is 1. The number of hydrogen-bond donors (Lipinski definition) is 1. The molecule has 0 aliphatic heterocycles. The minimum absolute atomic E-state index is 0.0528. The zero-order valence-corrected chi connectivity index (χ0v) is 7.91. The largest absolute Gasteiger partial charge is 0.388 e. The lowest BCUT2D eigenvalue weighted by atomic mass is 10.3. The molecule has 0 saturated heterocycles. The Morgan fingerprint density at radius 1 is 1.54 bits per heavy atom. The van der Waals surface area contributed by atoms with E-state index in [2.05, 4.69) is 4.98 Å². The average Bonchev–Trinajstić information content (AvgIpc) is 2.42. The summed E-state index contributed by atoms with van der Waals surface area (Å²) in [5, 5.41) is 9.63. The van der Waals surface area contributed by atoms with Gasteiger partial charge in [0.15, 0.2) is 0 Å². The van der Waals surface area contributed by atoms with Crippen LogP contribution >= 0.6 is 11.6 Å². The van der Waals surface area contributed by atoms with Gasteiger partial charge in [0.1, 0.15) is 12.4 Å². The number of aliphatic hydroxyl groups is 1. The van der Waals surface area contributed by atoms with Gasteiger partial charge in [0.2, 0.25) is 0 Å². The zero-order valence-electron chi connectivity index (χ0n) is 7.16. The first-order chi connectivity index (χ1) is 6.22. The molecule has 13 heavy (non-hydrogen) atoms. The number of benzene rings is 1. The lowest BCUT2D eigenvalue weighted by Gasteiger charge is -1.96. The van der Waals surface area contributed by atoms with Gasteiger partial charge in [-0.15, -0.1) is 0 Å². The van der Waals surface area contributed by atoms with E-state index >= 15 is 0 Å². The number of rotatable bonds is 1. The number of aryl methyl sites for hydroxylation is 1. The van der Waals surface area contributed by atoms with Crippen molar-refractivity contribution in [2.75, 3.05) is 0 Å². The molecule has 3 nitrogen and oxygen atoms in total. The fourth-order valence-electron chi connectivity index (χ4n) is 1.36. The molecule has 0 amide bonds. The van der Waals surface area contributed by atoms with Gasteiger partial charge in [-0.05, 0) is 18.2 Å². The van der Waals surface area contributed by atoms with E-state index in [0.29, 0.717) is 10.8 Å². The number of hydrogen-bond acceptors (Lipinski definition) is 2. The first-order valence-electron chi connectivity index (χ1n) is 3.94. The molecule has 0 saturated carbocycles. The third-order valence-electron chi connectivity index (χ3n) is 2.08. The molecule has 0 spiro atoms. The van der Waals surface area contributed by atoms with Crippen LogP contribution < -0.4 is 0 Å². The average molecular weight is 197 g/mol. The summed E-state index contributed by atoms with van der Waals surface area (Å²) in [5.41, 5.74) is 1.80. The first kappa shape index (κ1) is 8.53. The molecule has 0 atom stereocenters. The van der Waals surface area contributed by atoms with Crippen molar-refractivity contribution in [2.45, 2.75) is 6.61 Å². The monoisotopic (exact) mass is 196 g/mol. The molecule has 0 unspecified atom stereocenters. The van der Waals surface area contributed by atoms with E-state index in [-0.39, 0.29) is 6.61 Å². The summed E-state index contributed by atoms with van der Waals surface area (Å²) in [6, 6.07) is 5.49. The number of imidazole rings is 1. The Morgan fingerprint density at radius 3 is 3.00 bits per heavy atom. The molecule has 1 aromatic heterocycles. The van der Waals surface area contributed by atoms with Crippen LogP contribution in [0, 0.1) is 0 Å². The highest BCUT2D eigenvalue weighted by molar-refractivity contribution is 6.31. The summed E-state index contributed by atoms with van der Waals surface area (Å²) in [7, 11) is 1.87. The van der Waals surface area contributed by atoms with Gasteiger partial charge in [-0.2, -0.15) is 0 Å². The molecule has 0 radical (unpaired) electrons. The van der Waals surface area contributed by atoms with Crippen molar-refractivity contribution in [3.05, 3.63) is 29.0 Å². The van der Waals surface area contributed by atoms with Crippen LogP contribution in [0.2, 0.25) is 5.02 Å². The molecule has 1 N–H and O–H groups in total. The molecule has 2 rings (SSSR count). The highest BCUT2D eigenvalue weighted by atomic mass is 35.5. The second-order valence-corrected chi connectivity index (χ2v) is 3.31. The highest BCUT2D eigenvalue weighted by Crippen LogP contribution is 2.19. The van der Waals surface area contributed by atoms with E-state index in [0.717, 1.165) is 11.0 Å². The van der Waals surface area contributed by atoms with Gasteiger partial charge in [0, 0.05) is 12.1 Å². The number of aliphatic hydroxyl groups excluding tert-OH is 1. The Balaban J connectivity index is 2.76. The maximum Gasteiger partial charge on any atom is 0.135 e. The van der Waals surface area contributed by atoms with Gasteiger partial charge >= 0.3 is 0 Å². The Hall–Kier alpha value is -1.06. The van der Waals surface area contributed by atoms with Crippen LogP contribution in [-0.2, 0) is 13.7 Å². The van der Waals surface area contributed by atoms with E-state index < -0.39 is 0 Å². The zero-order chi connectivity index (χ0) is 9.42. The summed E-state index contributed by atoms with van der Waals surface area (Å²) in [6.07, 6.45) is 0. The van der Waals surface area contributed by atoms with Crippen molar-refractivity contribution >= 4 is 22.6 Å². The maximum atomic E-state index is 8.97. The molecule has 4 heteroatoms. The van der Waals surface area contributed by atoms with Gasteiger partial charge in [-0.3, -0.25) is 0 Å². The number of aromatic nitrogens is 2. The summed E-state index contributed by atoms with van der Waals surface area (Å²) in [4.78, 5) is 4.22. The highest BCUT2D eigenvalue weighted by Gasteiger charge is 2.05. The van der Waals surface area contributed by atoms with Crippen molar-refractivity contribution in [1.82, 2.24) is 9.55 Å². The van der Waals surface area contributed by atoms with Crippen LogP contribution in [0.5, 0.6) is 0 Å². The van der Waals surface area contributed by atoms with E-state index in [1.54, 1.807) is 6.07 Å². The van der Waals surface area contributed by atoms with Gasteiger partial charge in [-0.1, -0.05) is 11.6 Å². The molecular weight excluding hydrogens is 188 g/mol. The summed E-state index contributed by atoms with van der Waals surface area (Å²) in [5.74, 6) is 0.650. The van der Waals surface area contributed by atoms with Crippen molar-refractivity contribution < 1.29 is 5.11 Å². The van der Waals surface area contributed by atoms with E-state index in [4.69, 9.17) is 16.7 Å². The van der Waals surface area contributed by atoms with E-state index in [1.165, 1.54) is 0 Å². The first-order valence-corrected chi connectivity index (χ1v) is 4.32. The van der Waals surface area contributed by atoms with Crippen molar-refractivity contribution in [3.8, 4) is 0 Å². The van der Waals surface area contributed by atoms with Gasteiger partial charge in [0.05, 0.1) is 11.0 Å². The normalized spacial score (nSPS) is 11.0. The Kier molecular flexibility index (Phi) is 1.98. The van der Waals surface area contributed by atoms with Gasteiger partial charge in [0.25, 0.3) is 0 Å². The van der Waals surface area contributed by atoms with E-state index in [1.807, 2.05) is 23.7 Å². The third kappa shape index (κ3) is 1.30.